The summed E-state index contributed by atoms with van der Waals surface area (Å²) in [6.45, 7) is 5.75. The number of sulfonamides is 1. The second-order valence-electron chi connectivity index (χ2n) is 6.63. The van der Waals surface area contributed by atoms with Crippen LogP contribution in [0.5, 0.6) is 0 Å². The number of benzene rings is 1. The van der Waals surface area contributed by atoms with Gasteiger partial charge in [0.05, 0.1) is 17.0 Å². The zero-order valence-electron chi connectivity index (χ0n) is 15.0. The average Bonchev–Trinajstić information content (AvgIpc) is 3.24. The van der Waals surface area contributed by atoms with Crippen LogP contribution in [0, 0.1) is 0 Å². The van der Waals surface area contributed by atoms with Crippen LogP contribution in [0.1, 0.15) is 26.7 Å². The van der Waals surface area contributed by atoms with Gasteiger partial charge in [-0.15, -0.1) is 5.10 Å². The van der Waals surface area contributed by atoms with Crippen LogP contribution in [0.2, 0.25) is 0 Å². The molecule has 0 spiro atoms. The number of urea groups is 1. The number of hydrogen-bond donors (Lipinski definition) is 2. The first-order valence-corrected chi connectivity index (χ1v) is 10.2. The van der Waals surface area contributed by atoms with Crippen LogP contribution in [0.25, 0.3) is 11.0 Å². The molecule has 2 N–H and O–H groups in total. The average molecular weight is 380 g/mol. The maximum atomic E-state index is 12.6. The van der Waals surface area contributed by atoms with E-state index in [2.05, 4.69) is 20.9 Å². The number of hydrogen-bond acceptors (Lipinski definition) is 5. The number of rotatable bonds is 6. The molecule has 1 aromatic carbocycles. The van der Waals surface area contributed by atoms with Crippen LogP contribution in [0.4, 0.5) is 4.79 Å². The van der Waals surface area contributed by atoms with Crippen molar-refractivity contribution in [1.29, 1.82) is 0 Å². The summed E-state index contributed by atoms with van der Waals surface area (Å²) in [6.07, 6.45) is 1.80. The van der Waals surface area contributed by atoms with Crippen LogP contribution < -0.4 is 10.6 Å². The van der Waals surface area contributed by atoms with Crippen molar-refractivity contribution in [3.8, 4) is 0 Å². The van der Waals surface area contributed by atoms with Gasteiger partial charge in [-0.3, -0.25) is 0 Å². The number of nitrogens with zero attached hydrogens (tertiary/aromatic N) is 4. The van der Waals surface area contributed by atoms with E-state index in [-0.39, 0.29) is 17.0 Å². The Morgan fingerprint density at radius 2 is 2.00 bits per heavy atom. The Morgan fingerprint density at radius 3 is 2.69 bits per heavy atom. The van der Waals surface area contributed by atoms with Crippen molar-refractivity contribution in [2.24, 2.45) is 0 Å². The van der Waals surface area contributed by atoms with Crippen molar-refractivity contribution < 1.29 is 13.2 Å². The second kappa shape index (κ2) is 7.58. The number of amides is 2. The van der Waals surface area contributed by atoms with Gasteiger partial charge in [0, 0.05) is 25.7 Å². The van der Waals surface area contributed by atoms with Crippen molar-refractivity contribution in [3.63, 3.8) is 0 Å². The quantitative estimate of drug-likeness (QED) is 0.775. The van der Waals surface area contributed by atoms with Crippen molar-refractivity contribution in [3.05, 3.63) is 18.2 Å². The Hall–Kier alpha value is -2.20. The summed E-state index contributed by atoms with van der Waals surface area (Å²) in [5.74, 6) is 0. The van der Waals surface area contributed by atoms with Gasteiger partial charge in [0.1, 0.15) is 5.52 Å². The number of nitrogens with one attached hydrogen (secondary N) is 2. The van der Waals surface area contributed by atoms with Crippen molar-refractivity contribution in [2.75, 3.05) is 19.6 Å². The minimum absolute atomic E-state index is 0.0678. The van der Waals surface area contributed by atoms with E-state index in [0.717, 1.165) is 18.4 Å². The summed E-state index contributed by atoms with van der Waals surface area (Å²) in [5, 5.41) is 13.6. The molecule has 0 atom stereocenters. The Balaban J connectivity index is 1.70. The third-order valence-electron chi connectivity index (χ3n) is 4.22. The molecule has 1 aliphatic rings. The van der Waals surface area contributed by atoms with Gasteiger partial charge in [0.2, 0.25) is 10.0 Å². The van der Waals surface area contributed by atoms with E-state index in [0.29, 0.717) is 31.7 Å². The Kier molecular flexibility index (Phi) is 5.42. The lowest BCUT2D eigenvalue weighted by atomic mass is 10.3. The smallest absolute Gasteiger partial charge is 0.315 e. The lowest BCUT2D eigenvalue weighted by molar-refractivity contribution is 0.238. The standard InChI is InChI=1S/C16H24N6O3S/c1-12(2)18-16(23)17-7-10-22-15-6-5-13(11-14(15)19-20-22)26(24,25)21-8-3-4-9-21/h5-6,11-12H,3-4,7-10H2,1-2H3,(H2,17,18,23). The van der Waals surface area contributed by atoms with Crippen LogP contribution in [0.3, 0.4) is 0 Å². The van der Waals surface area contributed by atoms with E-state index in [4.69, 9.17) is 0 Å². The number of aromatic nitrogens is 3. The van der Waals surface area contributed by atoms with Gasteiger partial charge in [-0.05, 0) is 44.9 Å². The summed E-state index contributed by atoms with van der Waals surface area (Å²) in [7, 11) is -3.47. The van der Waals surface area contributed by atoms with Crippen LogP contribution >= 0.6 is 0 Å². The Bertz CT molecular complexity index is 887. The van der Waals surface area contributed by atoms with Gasteiger partial charge in [-0.1, -0.05) is 5.21 Å². The molecule has 1 saturated heterocycles. The lowest BCUT2D eigenvalue weighted by Gasteiger charge is -2.15. The van der Waals surface area contributed by atoms with Gasteiger partial charge < -0.3 is 10.6 Å². The van der Waals surface area contributed by atoms with Crippen molar-refractivity contribution in [1.82, 2.24) is 29.9 Å². The maximum absolute atomic E-state index is 12.6. The molecule has 2 amide bonds. The van der Waals surface area contributed by atoms with E-state index in [1.54, 1.807) is 22.9 Å². The van der Waals surface area contributed by atoms with Crippen molar-refractivity contribution >= 4 is 27.1 Å². The molecule has 3 rings (SSSR count). The minimum Gasteiger partial charge on any atom is -0.336 e. The predicted octanol–water partition coefficient (Wildman–Crippen LogP) is 0.923. The molecular weight excluding hydrogens is 356 g/mol. The highest BCUT2D eigenvalue weighted by atomic mass is 32.2. The van der Waals surface area contributed by atoms with E-state index >= 15 is 0 Å². The van der Waals surface area contributed by atoms with Crippen LogP contribution in [0.15, 0.2) is 23.1 Å². The van der Waals surface area contributed by atoms with E-state index in [9.17, 15) is 13.2 Å². The fourth-order valence-electron chi connectivity index (χ4n) is 2.94. The molecule has 1 fully saturated rings. The van der Waals surface area contributed by atoms with Gasteiger partial charge in [-0.2, -0.15) is 4.31 Å². The zero-order chi connectivity index (χ0) is 18.7. The molecule has 9 nitrogen and oxygen atoms in total. The highest BCUT2D eigenvalue weighted by Crippen LogP contribution is 2.23. The van der Waals surface area contributed by atoms with Crippen LogP contribution in [-0.2, 0) is 16.6 Å². The normalized spacial score (nSPS) is 15.7. The first-order valence-electron chi connectivity index (χ1n) is 8.76. The molecule has 1 aliphatic heterocycles. The Morgan fingerprint density at radius 1 is 1.27 bits per heavy atom. The fraction of sp³-hybridized carbons (Fsp3) is 0.562. The van der Waals surface area contributed by atoms with E-state index < -0.39 is 10.0 Å². The molecular formula is C16H24N6O3S. The molecule has 26 heavy (non-hydrogen) atoms. The molecule has 142 valence electrons. The maximum Gasteiger partial charge on any atom is 0.315 e. The fourth-order valence-corrected chi connectivity index (χ4v) is 4.48. The highest BCUT2D eigenvalue weighted by Gasteiger charge is 2.27. The van der Waals surface area contributed by atoms with E-state index in [1.807, 2.05) is 13.8 Å². The summed E-state index contributed by atoms with van der Waals surface area (Å²) in [4.78, 5) is 11.8. The van der Waals surface area contributed by atoms with Crippen molar-refractivity contribution in [2.45, 2.75) is 44.2 Å². The summed E-state index contributed by atoms with van der Waals surface area (Å²) >= 11 is 0. The zero-order valence-corrected chi connectivity index (χ0v) is 15.8. The molecule has 0 unspecified atom stereocenters. The molecule has 2 aromatic rings. The third kappa shape index (κ3) is 3.96. The second-order valence-corrected chi connectivity index (χ2v) is 8.57. The topological polar surface area (TPSA) is 109 Å². The monoisotopic (exact) mass is 380 g/mol. The number of carbonyl (C=O) groups is 1. The van der Waals surface area contributed by atoms with Gasteiger partial charge in [-0.25, -0.2) is 17.9 Å². The summed E-state index contributed by atoms with van der Waals surface area (Å²) in [5.41, 5.74) is 1.26. The molecule has 0 radical (unpaired) electrons. The highest BCUT2D eigenvalue weighted by molar-refractivity contribution is 7.89. The van der Waals surface area contributed by atoms with Gasteiger partial charge in [0.15, 0.2) is 0 Å². The number of fused-ring (bicyclic) bond motifs is 1. The SMILES string of the molecule is CC(C)NC(=O)NCCn1nnc2cc(S(=O)(=O)N3CCCC3)ccc21. The van der Waals surface area contributed by atoms with Gasteiger partial charge >= 0.3 is 6.03 Å². The van der Waals surface area contributed by atoms with Gasteiger partial charge in [0.25, 0.3) is 0 Å². The largest absolute Gasteiger partial charge is 0.336 e. The molecule has 0 bridgehead atoms. The molecule has 10 heteroatoms. The Labute approximate surface area is 152 Å². The predicted molar refractivity (Wildman–Crippen MR) is 97.2 cm³/mol. The third-order valence-corrected chi connectivity index (χ3v) is 6.11. The minimum atomic E-state index is -3.47. The lowest BCUT2D eigenvalue weighted by Crippen LogP contribution is -2.40. The molecule has 2 heterocycles. The summed E-state index contributed by atoms with van der Waals surface area (Å²) < 4.78 is 28.4. The first kappa shape index (κ1) is 18.6. The number of carbonyl (C=O) groups excluding carboxylic acids is 1. The molecule has 0 saturated carbocycles. The first-order chi connectivity index (χ1) is 12.4. The summed E-state index contributed by atoms with van der Waals surface area (Å²) in [6, 6.07) is 4.70. The van der Waals surface area contributed by atoms with Crippen LogP contribution in [-0.4, -0.2) is 59.4 Å². The molecule has 0 aliphatic carbocycles. The molecule has 1 aromatic heterocycles. The van der Waals surface area contributed by atoms with E-state index in [1.165, 1.54) is 4.31 Å².